The summed E-state index contributed by atoms with van der Waals surface area (Å²) >= 11 is 1.11. The molecular formula is C27H34N4O11S. The lowest BCUT2D eigenvalue weighted by Crippen LogP contribution is -2.48. The topological polar surface area (TPSA) is 243 Å². The zero-order valence-corrected chi connectivity index (χ0v) is 24.2. The fourth-order valence-corrected chi connectivity index (χ4v) is 4.95. The summed E-state index contributed by atoms with van der Waals surface area (Å²) in [6.07, 6.45) is -8.34. The van der Waals surface area contributed by atoms with Gasteiger partial charge in [0, 0.05) is 20.0 Å². The number of carboxylic acid groups (broad SMARTS) is 1. The van der Waals surface area contributed by atoms with Gasteiger partial charge in [0.15, 0.2) is 0 Å². The SMILES string of the molecule is Cc1nc2ccc(CN(C)c3ccc(C(=O)N[C@H](CCC(=O)O)C(=O)OC[C@@H](O)[C@@H](O)[C@H](O)[C@H](O)CO)s3)cc2c(=O)[nH]1. The zero-order valence-electron chi connectivity index (χ0n) is 23.3. The van der Waals surface area contributed by atoms with Crippen LogP contribution in [0.25, 0.3) is 10.9 Å². The Hall–Kier alpha value is -3.93. The maximum atomic E-state index is 13.0. The van der Waals surface area contributed by atoms with Gasteiger partial charge in [0.25, 0.3) is 11.5 Å². The van der Waals surface area contributed by atoms with Gasteiger partial charge >= 0.3 is 11.9 Å². The third-order valence-corrected chi connectivity index (χ3v) is 7.66. The van der Waals surface area contributed by atoms with Crippen LogP contribution in [0.5, 0.6) is 0 Å². The first-order valence-electron chi connectivity index (χ1n) is 13.1. The molecule has 1 amide bonds. The summed E-state index contributed by atoms with van der Waals surface area (Å²) in [6, 6.07) is 7.13. The van der Waals surface area contributed by atoms with E-state index >= 15 is 0 Å². The van der Waals surface area contributed by atoms with Crippen molar-refractivity contribution in [3.8, 4) is 0 Å². The molecular weight excluding hydrogens is 588 g/mol. The third-order valence-electron chi connectivity index (χ3n) is 6.46. The highest BCUT2D eigenvalue weighted by molar-refractivity contribution is 7.18. The Balaban J connectivity index is 1.64. The molecule has 0 saturated heterocycles. The van der Waals surface area contributed by atoms with Crippen LogP contribution in [0.4, 0.5) is 5.00 Å². The first kappa shape index (κ1) is 33.6. The number of anilines is 1. The van der Waals surface area contributed by atoms with Crippen molar-refractivity contribution in [2.75, 3.05) is 25.2 Å². The highest BCUT2D eigenvalue weighted by atomic mass is 32.1. The largest absolute Gasteiger partial charge is 0.481 e. The van der Waals surface area contributed by atoms with Crippen LogP contribution < -0.4 is 15.8 Å². The Morgan fingerprint density at radius 2 is 1.79 bits per heavy atom. The Morgan fingerprint density at radius 3 is 2.47 bits per heavy atom. The van der Waals surface area contributed by atoms with Gasteiger partial charge in [-0.2, -0.15) is 0 Å². The molecule has 0 fully saturated rings. The van der Waals surface area contributed by atoms with Gasteiger partial charge in [0.05, 0.1) is 27.4 Å². The molecule has 2 aromatic heterocycles. The third kappa shape index (κ3) is 9.03. The van der Waals surface area contributed by atoms with Gasteiger partial charge in [0.1, 0.15) is 42.9 Å². The van der Waals surface area contributed by atoms with E-state index in [1.807, 2.05) is 11.0 Å². The normalized spacial score (nSPS) is 14.9. The number of carbonyl (C=O) groups excluding carboxylic acids is 2. The van der Waals surface area contributed by atoms with Crippen molar-refractivity contribution in [1.82, 2.24) is 15.3 Å². The van der Waals surface area contributed by atoms with Crippen molar-refractivity contribution in [2.45, 2.75) is 56.8 Å². The fourth-order valence-electron chi connectivity index (χ4n) is 4.08. The maximum Gasteiger partial charge on any atom is 0.328 e. The minimum Gasteiger partial charge on any atom is -0.481 e. The van der Waals surface area contributed by atoms with E-state index in [-0.39, 0.29) is 16.9 Å². The van der Waals surface area contributed by atoms with E-state index in [0.29, 0.717) is 28.3 Å². The monoisotopic (exact) mass is 622 g/mol. The number of aliphatic hydroxyl groups is 5. The number of ether oxygens (including phenoxy) is 1. The number of aliphatic hydroxyl groups excluding tert-OH is 5. The molecule has 1 aromatic carbocycles. The van der Waals surface area contributed by atoms with E-state index in [4.69, 9.17) is 14.9 Å². The standard InChI is InChI=1S/C27H34N4O11S/c1-13-28-16-4-3-14(9-15(16)25(39)29-13)10-31(2)21-7-6-20(43-21)26(40)30-17(5-8-22(35)36)27(41)42-12-19(34)24(38)23(37)18(33)11-32/h3-4,6-7,9,17-19,23-24,32-34,37-38H,5,8,10-12H2,1-2H3,(H,30,40)(H,35,36)(H,28,29,39)/t17-,18-,19-,23-,24-/m1/s1. The number of hydrogen-bond acceptors (Lipinski definition) is 13. The summed E-state index contributed by atoms with van der Waals surface area (Å²) in [7, 11) is 1.79. The second kappa shape index (κ2) is 15.0. The molecule has 43 heavy (non-hydrogen) atoms. The number of aromatic nitrogens is 2. The van der Waals surface area contributed by atoms with Crippen molar-refractivity contribution in [3.05, 3.63) is 57.0 Å². The number of aryl methyl sites for hydroxylation is 1. The second-order valence-electron chi connectivity index (χ2n) is 9.88. The molecule has 5 atom stereocenters. The van der Waals surface area contributed by atoms with Crippen LogP contribution in [0.2, 0.25) is 0 Å². The minimum absolute atomic E-state index is 0.209. The molecule has 16 heteroatoms. The summed E-state index contributed by atoms with van der Waals surface area (Å²) in [4.78, 5) is 58.1. The van der Waals surface area contributed by atoms with Crippen molar-refractivity contribution < 1.29 is 49.8 Å². The molecule has 3 aromatic rings. The lowest BCUT2D eigenvalue weighted by molar-refractivity contribution is -0.158. The van der Waals surface area contributed by atoms with Gasteiger partial charge in [-0.15, -0.1) is 11.3 Å². The number of aliphatic carboxylic acids is 1. The number of carboxylic acids is 1. The predicted octanol–water partition coefficient (Wildman–Crippen LogP) is -1.13. The van der Waals surface area contributed by atoms with Gasteiger partial charge in [0.2, 0.25) is 0 Å². The molecule has 2 heterocycles. The van der Waals surface area contributed by atoms with E-state index < -0.39 is 67.9 Å². The fraction of sp³-hybridized carbons (Fsp3) is 0.444. The number of hydrogen-bond donors (Lipinski definition) is 8. The average Bonchev–Trinajstić information content (AvgIpc) is 3.47. The molecule has 0 aliphatic heterocycles. The van der Waals surface area contributed by atoms with Crippen molar-refractivity contribution in [3.63, 3.8) is 0 Å². The number of nitrogens with zero attached hydrogens (tertiary/aromatic N) is 2. The van der Waals surface area contributed by atoms with Crippen LogP contribution in [0.15, 0.2) is 35.1 Å². The van der Waals surface area contributed by atoms with Gasteiger partial charge in [-0.25, -0.2) is 9.78 Å². The van der Waals surface area contributed by atoms with Crippen LogP contribution in [0.3, 0.4) is 0 Å². The smallest absolute Gasteiger partial charge is 0.328 e. The van der Waals surface area contributed by atoms with E-state index in [2.05, 4.69) is 15.3 Å². The molecule has 0 aliphatic rings. The number of rotatable bonds is 15. The molecule has 0 bridgehead atoms. The van der Waals surface area contributed by atoms with Crippen LogP contribution in [0, 0.1) is 6.92 Å². The zero-order chi connectivity index (χ0) is 31.8. The molecule has 234 valence electrons. The Kier molecular flexibility index (Phi) is 11.7. The number of fused-ring (bicyclic) bond motifs is 1. The van der Waals surface area contributed by atoms with Crippen LogP contribution in [0.1, 0.15) is 33.9 Å². The van der Waals surface area contributed by atoms with E-state index in [1.165, 1.54) is 6.07 Å². The van der Waals surface area contributed by atoms with Gasteiger partial charge < -0.3 is 50.6 Å². The Labute approximate surface area is 249 Å². The molecule has 0 unspecified atom stereocenters. The number of esters is 1. The van der Waals surface area contributed by atoms with Crippen molar-refractivity contribution in [1.29, 1.82) is 0 Å². The highest BCUT2D eigenvalue weighted by Gasteiger charge is 2.32. The number of thiophene rings is 1. The Morgan fingerprint density at radius 1 is 1.09 bits per heavy atom. The van der Waals surface area contributed by atoms with Crippen LogP contribution in [-0.4, -0.2) is 109 Å². The first-order valence-corrected chi connectivity index (χ1v) is 13.9. The van der Waals surface area contributed by atoms with Crippen LogP contribution in [-0.2, 0) is 20.9 Å². The number of carbonyl (C=O) groups is 3. The lowest BCUT2D eigenvalue weighted by Gasteiger charge is -2.26. The molecule has 8 N–H and O–H groups in total. The van der Waals surface area contributed by atoms with E-state index in [9.17, 15) is 39.6 Å². The quantitative estimate of drug-likeness (QED) is 0.0937. The molecule has 15 nitrogen and oxygen atoms in total. The van der Waals surface area contributed by atoms with E-state index in [0.717, 1.165) is 16.9 Å². The molecule has 0 saturated carbocycles. The second-order valence-corrected chi connectivity index (χ2v) is 10.9. The van der Waals surface area contributed by atoms with Gasteiger partial charge in [-0.05, 0) is 43.2 Å². The summed E-state index contributed by atoms with van der Waals surface area (Å²) in [5.74, 6) is -2.50. The predicted molar refractivity (Wildman–Crippen MR) is 154 cm³/mol. The first-order chi connectivity index (χ1) is 20.3. The van der Waals surface area contributed by atoms with Gasteiger partial charge in [-0.1, -0.05) is 6.07 Å². The van der Waals surface area contributed by atoms with Crippen molar-refractivity contribution in [2.24, 2.45) is 0 Å². The molecule has 0 radical (unpaired) electrons. The lowest BCUT2D eigenvalue weighted by atomic mass is 10.0. The summed E-state index contributed by atoms with van der Waals surface area (Å²) in [5, 5.41) is 60.5. The number of benzene rings is 1. The Bertz CT molecular complexity index is 1490. The van der Waals surface area contributed by atoms with Gasteiger partial charge in [-0.3, -0.25) is 14.4 Å². The summed E-state index contributed by atoms with van der Waals surface area (Å²) < 4.78 is 4.93. The molecule has 3 rings (SSSR count). The summed E-state index contributed by atoms with van der Waals surface area (Å²) in [6.45, 7) is 0.354. The number of nitrogens with one attached hydrogen (secondary N) is 2. The molecule has 0 aliphatic carbocycles. The average molecular weight is 623 g/mol. The minimum atomic E-state index is -1.97. The maximum absolute atomic E-state index is 13.0. The number of aromatic amines is 1. The van der Waals surface area contributed by atoms with Crippen molar-refractivity contribution >= 4 is 45.1 Å². The summed E-state index contributed by atoms with van der Waals surface area (Å²) in [5.41, 5.74) is 1.15. The van der Waals surface area contributed by atoms with E-state index in [1.54, 1.807) is 32.2 Å². The number of H-pyrrole nitrogens is 1. The highest BCUT2D eigenvalue weighted by Crippen LogP contribution is 2.27. The molecule has 0 spiro atoms. The number of amides is 1. The van der Waals surface area contributed by atoms with Crippen LogP contribution >= 0.6 is 11.3 Å².